The molecular weight excluding hydrogens is 298 g/mol. The summed E-state index contributed by atoms with van der Waals surface area (Å²) in [6.45, 7) is 6.95. The van der Waals surface area contributed by atoms with Crippen LogP contribution in [0.4, 0.5) is 0 Å². The Morgan fingerprint density at radius 3 is 2.65 bits per heavy atom. The molecule has 0 saturated carbocycles. The zero-order valence-corrected chi connectivity index (χ0v) is 12.9. The van der Waals surface area contributed by atoms with Gasteiger partial charge in [0.2, 0.25) is 5.90 Å². The van der Waals surface area contributed by atoms with E-state index in [0.29, 0.717) is 6.61 Å². The summed E-state index contributed by atoms with van der Waals surface area (Å²) in [6.07, 6.45) is 2.08. The summed E-state index contributed by atoms with van der Waals surface area (Å²) in [5.41, 5.74) is 2.22. The first-order valence-corrected chi connectivity index (χ1v) is 7.52. The number of rotatable bonds is 2. The topological polar surface area (TPSA) is 21.6 Å². The average molecular weight is 314 g/mol. The third kappa shape index (κ3) is 2.52. The lowest BCUT2D eigenvalue weighted by Gasteiger charge is -2.11. The molecule has 0 unspecified atom stereocenters. The highest BCUT2D eigenvalue weighted by molar-refractivity contribution is 9.10. The average Bonchev–Trinajstić information content (AvgIpc) is 2.59. The predicted molar refractivity (Wildman–Crippen MR) is 77.2 cm³/mol. The monoisotopic (exact) mass is 313 g/mol. The standard InChI is InChI=1S/C13H16BrNOS/c1-8-9(5-6-10(14)11(8)17-4)12-15-13(2,3)7-16-12/h5-6H,7H2,1-4H3. The van der Waals surface area contributed by atoms with E-state index in [1.54, 1.807) is 11.8 Å². The minimum atomic E-state index is -0.103. The Labute approximate surface area is 115 Å². The molecule has 0 spiro atoms. The summed E-state index contributed by atoms with van der Waals surface area (Å²) in [5, 5.41) is 0. The van der Waals surface area contributed by atoms with E-state index >= 15 is 0 Å². The quantitative estimate of drug-likeness (QED) is 0.769. The van der Waals surface area contributed by atoms with Gasteiger partial charge in [0.25, 0.3) is 0 Å². The van der Waals surface area contributed by atoms with Crippen molar-refractivity contribution in [3.63, 3.8) is 0 Å². The van der Waals surface area contributed by atoms with Gasteiger partial charge in [0.1, 0.15) is 6.61 Å². The molecule has 2 rings (SSSR count). The van der Waals surface area contributed by atoms with Crippen LogP contribution in [0.15, 0.2) is 26.5 Å². The van der Waals surface area contributed by atoms with Gasteiger partial charge in [0.05, 0.1) is 5.54 Å². The Kier molecular flexibility index (Phi) is 3.55. The van der Waals surface area contributed by atoms with Crippen LogP contribution in [0.1, 0.15) is 25.0 Å². The van der Waals surface area contributed by atoms with E-state index in [1.165, 1.54) is 10.5 Å². The van der Waals surface area contributed by atoms with E-state index in [4.69, 9.17) is 4.74 Å². The molecule has 1 aliphatic heterocycles. The van der Waals surface area contributed by atoms with E-state index < -0.39 is 0 Å². The van der Waals surface area contributed by atoms with Gasteiger partial charge >= 0.3 is 0 Å². The lowest BCUT2D eigenvalue weighted by molar-refractivity contribution is 0.279. The third-order valence-corrected chi connectivity index (χ3v) is 4.62. The van der Waals surface area contributed by atoms with Gasteiger partial charge in [-0.3, -0.25) is 0 Å². The number of ether oxygens (including phenoxy) is 1. The largest absolute Gasteiger partial charge is 0.475 e. The molecule has 0 radical (unpaired) electrons. The summed E-state index contributed by atoms with van der Waals surface area (Å²) >= 11 is 5.31. The molecule has 4 heteroatoms. The lowest BCUT2D eigenvalue weighted by Crippen LogP contribution is -2.17. The molecule has 0 N–H and O–H groups in total. The van der Waals surface area contributed by atoms with Gasteiger partial charge in [-0.05, 0) is 60.7 Å². The van der Waals surface area contributed by atoms with Crippen molar-refractivity contribution in [2.45, 2.75) is 31.2 Å². The Hall–Kier alpha value is -0.480. The van der Waals surface area contributed by atoms with Crippen molar-refractivity contribution in [3.05, 3.63) is 27.7 Å². The number of benzene rings is 1. The number of aliphatic imine (C=N–C) groups is 1. The molecule has 0 aromatic heterocycles. The molecule has 2 nitrogen and oxygen atoms in total. The van der Waals surface area contributed by atoms with Crippen molar-refractivity contribution >= 4 is 33.6 Å². The second kappa shape index (κ2) is 4.65. The van der Waals surface area contributed by atoms with Crippen LogP contribution < -0.4 is 0 Å². The minimum Gasteiger partial charge on any atom is -0.475 e. The highest BCUT2D eigenvalue weighted by Gasteiger charge is 2.28. The SMILES string of the molecule is CSc1c(Br)ccc(C2=NC(C)(C)CO2)c1C. The van der Waals surface area contributed by atoms with Crippen molar-refractivity contribution in [3.8, 4) is 0 Å². The molecule has 17 heavy (non-hydrogen) atoms. The maximum absolute atomic E-state index is 5.70. The van der Waals surface area contributed by atoms with E-state index in [2.05, 4.69) is 60.1 Å². The molecule has 1 heterocycles. The Balaban J connectivity index is 2.48. The van der Waals surface area contributed by atoms with Gasteiger partial charge in [-0.15, -0.1) is 11.8 Å². The Morgan fingerprint density at radius 1 is 1.41 bits per heavy atom. The molecule has 1 aromatic rings. The highest BCUT2D eigenvalue weighted by atomic mass is 79.9. The minimum absolute atomic E-state index is 0.103. The van der Waals surface area contributed by atoms with Crippen LogP contribution in [0, 0.1) is 6.92 Å². The molecule has 1 aliphatic rings. The maximum Gasteiger partial charge on any atom is 0.217 e. The van der Waals surface area contributed by atoms with E-state index in [1.807, 2.05) is 0 Å². The molecule has 0 fully saturated rings. The molecule has 0 amide bonds. The summed E-state index contributed by atoms with van der Waals surface area (Å²) in [5.74, 6) is 0.773. The van der Waals surface area contributed by atoms with Crippen LogP contribution in [0.2, 0.25) is 0 Å². The predicted octanol–water partition coefficient (Wildman–Crippen LogP) is 4.03. The molecule has 0 aliphatic carbocycles. The first-order valence-electron chi connectivity index (χ1n) is 5.51. The smallest absolute Gasteiger partial charge is 0.217 e. The molecule has 0 atom stereocenters. The summed E-state index contributed by atoms with van der Waals surface area (Å²) < 4.78 is 6.83. The molecule has 0 saturated heterocycles. The number of thioether (sulfide) groups is 1. The lowest BCUT2D eigenvalue weighted by atomic mass is 10.1. The Morgan fingerprint density at radius 2 is 2.12 bits per heavy atom. The van der Waals surface area contributed by atoms with E-state index in [-0.39, 0.29) is 5.54 Å². The van der Waals surface area contributed by atoms with Crippen molar-refractivity contribution in [2.24, 2.45) is 4.99 Å². The fourth-order valence-electron chi connectivity index (χ4n) is 1.86. The summed E-state index contributed by atoms with van der Waals surface area (Å²) in [4.78, 5) is 5.88. The van der Waals surface area contributed by atoms with Crippen LogP contribution in [-0.2, 0) is 4.74 Å². The molecule has 1 aromatic carbocycles. The highest BCUT2D eigenvalue weighted by Crippen LogP contribution is 2.33. The van der Waals surface area contributed by atoms with Gasteiger partial charge in [-0.1, -0.05) is 0 Å². The van der Waals surface area contributed by atoms with Crippen molar-refractivity contribution in [2.75, 3.05) is 12.9 Å². The van der Waals surface area contributed by atoms with Crippen LogP contribution in [0.5, 0.6) is 0 Å². The normalized spacial score (nSPS) is 17.8. The van der Waals surface area contributed by atoms with Crippen LogP contribution in [0.25, 0.3) is 0 Å². The van der Waals surface area contributed by atoms with Crippen LogP contribution >= 0.6 is 27.7 Å². The van der Waals surface area contributed by atoms with Crippen molar-refractivity contribution in [1.82, 2.24) is 0 Å². The Bertz CT molecular complexity index is 483. The fourth-order valence-corrected chi connectivity index (χ4v) is 3.46. The molecule has 0 bridgehead atoms. The first kappa shape index (κ1) is 13.0. The number of hydrogen-bond donors (Lipinski definition) is 0. The maximum atomic E-state index is 5.70. The third-order valence-electron chi connectivity index (χ3n) is 2.76. The van der Waals surface area contributed by atoms with Gasteiger partial charge in [0.15, 0.2) is 0 Å². The zero-order chi connectivity index (χ0) is 12.6. The van der Waals surface area contributed by atoms with Crippen molar-refractivity contribution < 1.29 is 4.74 Å². The van der Waals surface area contributed by atoms with Gasteiger partial charge in [0, 0.05) is 14.9 Å². The number of nitrogens with zero attached hydrogens (tertiary/aromatic N) is 1. The van der Waals surface area contributed by atoms with Gasteiger partial charge in [-0.2, -0.15) is 0 Å². The number of halogens is 1. The van der Waals surface area contributed by atoms with Crippen molar-refractivity contribution in [1.29, 1.82) is 0 Å². The second-order valence-electron chi connectivity index (χ2n) is 4.77. The summed E-state index contributed by atoms with van der Waals surface area (Å²) in [7, 11) is 0. The fraction of sp³-hybridized carbons (Fsp3) is 0.462. The second-order valence-corrected chi connectivity index (χ2v) is 6.44. The molecule has 92 valence electrons. The van der Waals surface area contributed by atoms with Crippen LogP contribution in [-0.4, -0.2) is 24.3 Å². The number of hydrogen-bond acceptors (Lipinski definition) is 3. The first-order chi connectivity index (χ1) is 7.94. The van der Waals surface area contributed by atoms with E-state index in [0.717, 1.165) is 15.9 Å². The van der Waals surface area contributed by atoms with Gasteiger partial charge in [-0.25, -0.2) is 4.99 Å². The molecular formula is C13H16BrNOS. The van der Waals surface area contributed by atoms with Crippen LogP contribution in [0.3, 0.4) is 0 Å². The van der Waals surface area contributed by atoms with Gasteiger partial charge < -0.3 is 4.74 Å². The zero-order valence-electron chi connectivity index (χ0n) is 10.5. The summed E-state index contributed by atoms with van der Waals surface area (Å²) in [6, 6.07) is 4.13. The van der Waals surface area contributed by atoms with E-state index in [9.17, 15) is 0 Å².